The van der Waals surface area contributed by atoms with Crippen molar-refractivity contribution in [3.05, 3.63) is 47.0 Å². The number of thioether (sulfide) groups is 1. The number of pyridine rings is 1. The van der Waals surface area contributed by atoms with E-state index in [-0.39, 0.29) is 22.9 Å². The summed E-state index contributed by atoms with van der Waals surface area (Å²) in [5, 5.41) is 21.0. The van der Waals surface area contributed by atoms with Gasteiger partial charge in [0.15, 0.2) is 5.03 Å². The number of anilines is 2. The molecule has 0 aliphatic rings. The summed E-state index contributed by atoms with van der Waals surface area (Å²) >= 11 is 1.18. The number of aryl methyl sites for hydroxylation is 1. The second-order valence-corrected chi connectivity index (χ2v) is 6.53. The Balaban J connectivity index is 2.14. The SMILES string of the molecule is Cc1ccc(NC(=O)[C@H](C)Sc2[nH+]c(N)c(C#N)cc2C#N)cc1. The van der Waals surface area contributed by atoms with Gasteiger partial charge in [-0.15, -0.1) is 0 Å². The monoisotopic (exact) mass is 338 g/mol. The van der Waals surface area contributed by atoms with Crippen LogP contribution in [0.15, 0.2) is 35.4 Å². The van der Waals surface area contributed by atoms with Crippen molar-refractivity contribution in [3.63, 3.8) is 0 Å². The number of hydrogen-bond acceptors (Lipinski definition) is 5. The molecule has 0 fully saturated rings. The molecular weight excluding hydrogens is 322 g/mol. The van der Waals surface area contributed by atoms with Crippen molar-refractivity contribution in [2.45, 2.75) is 24.1 Å². The van der Waals surface area contributed by atoms with Gasteiger partial charge in [0.05, 0.1) is 5.25 Å². The fraction of sp³-hybridized carbons (Fsp3) is 0.176. The highest BCUT2D eigenvalue weighted by Crippen LogP contribution is 2.25. The zero-order valence-corrected chi connectivity index (χ0v) is 14.1. The Labute approximate surface area is 144 Å². The molecule has 4 N–H and O–H groups in total. The average molecular weight is 338 g/mol. The summed E-state index contributed by atoms with van der Waals surface area (Å²) in [5.41, 5.74) is 8.04. The number of nitrogens with one attached hydrogen (secondary N) is 2. The molecule has 0 unspecified atom stereocenters. The van der Waals surface area contributed by atoms with Gasteiger partial charge < -0.3 is 5.32 Å². The quantitative estimate of drug-likeness (QED) is 0.829. The van der Waals surface area contributed by atoms with E-state index in [4.69, 9.17) is 11.0 Å². The van der Waals surface area contributed by atoms with Crippen molar-refractivity contribution in [1.29, 1.82) is 10.5 Å². The summed E-state index contributed by atoms with van der Waals surface area (Å²) in [7, 11) is 0. The molecule has 1 amide bonds. The average Bonchev–Trinajstić information content (AvgIpc) is 2.57. The number of nitrogens with zero attached hydrogens (tertiary/aromatic N) is 2. The van der Waals surface area contributed by atoms with Crippen LogP contribution < -0.4 is 16.0 Å². The molecule has 0 radical (unpaired) electrons. The molecule has 24 heavy (non-hydrogen) atoms. The number of carbonyl (C=O) groups excluding carboxylic acids is 1. The van der Waals surface area contributed by atoms with Crippen LogP contribution in [0.1, 0.15) is 23.6 Å². The van der Waals surface area contributed by atoms with Crippen LogP contribution in [0.3, 0.4) is 0 Å². The standard InChI is InChI=1S/C17H15N5OS/c1-10-3-5-14(6-4-10)21-16(23)11(2)24-17-13(9-19)7-12(8-18)15(20)22-17/h3-7,11H,1-2H3,(H2,20,22)(H,21,23)/p+1/t11-/m0/s1. The highest BCUT2D eigenvalue weighted by atomic mass is 32.2. The third-order valence-electron chi connectivity index (χ3n) is 3.30. The van der Waals surface area contributed by atoms with Crippen LogP contribution in [0.2, 0.25) is 0 Å². The molecule has 1 aromatic carbocycles. The maximum Gasteiger partial charge on any atom is 0.289 e. The number of nitrogen functional groups attached to an aromatic ring is 1. The third-order valence-corrected chi connectivity index (χ3v) is 4.42. The number of aromatic amines is 1. The predicted octanol–water partition coefficient (Wildman–Crippen LogP) is 2.25. The van der Waals surface area contributed by atoms with Crippen molar-refractivity contribution in [2.75, 3.05) is 11.1 Å². The Kier molecular flexibility index (Phi) is 5.41. The number of benzene rings is 1. The summed E-state index contributed by atoms with van der Waals surface area (Å²) in [6.07, 6.45) is 0. The van der Waals surface area contributed by atoms with Crippen molar-refractivity contribution in [2.24, 2.45) is 0 Å². The maximum atomic E-state index is 12.3. The lowest BCUT2D eigenvalue weighted by molar-refractivity contribution is -0.410. The molecule has 1 aromatic heterocycles. The van der Waals surface area contributed by atoms with Crippen LogP contribution >= 0.6 is 11.8 Å². The molecular formula is C17H16N5OS+. The molecule has 120 valence electrons. The van der Waals surface area contributed by atoms with E-state index in [0.29, 0.717) is 10.7 Å². The molecule has 0 aliphatic heterocycles. The van der Waals surface area contributed by atoms with Gasteiger partial charge in [-0.25, -0.2) is 4.98 Å². The van der Waals surface area contributed by atoms with Gasteiger partial charge in [0.25, 0.3) is 5.82 Å². The maximum absolute atomic E-state index is 12.3. The second-order valence-electron chi connectivity index (χ2n) is 5.18. The Morgan fingerprint density at radius 1 is 1.25 bits per heavy atom. The first-order chi connectivity index (χ1) is 11.4. The number of H-pyrrole nitrogens is 1. The summed E-state index contributed by atoms with van der Waals surface area (Å²) in [6.45, 7) is 3.70. The molecule has 7 heteroatoms. The lowest BCUT2D eigenvalue weighted by atomic mass is 10.2. The highest BCUT2D eigenvalue weighted by molar-refractivity contribution is 8.00. The highest BCUT2D eigenvalue weighted by Gasteiger charge is 2.21. The van der Waals surface area contributed by atoms with Crippen molar-refractivity contribution < 1.29 is 9.78 Å². The van der Waals surface area contributed by atoms with Crippen LogP contribution in [-0.4, -0.2) is 11.2 Å². The van der Waals surface area contributed by atoms with Crippen molar-refractivity contribution in [1.82, 2.24) is 0 Å². The molecule has 0 spiro atoms. The van der Waals surface area contributed by atoms with E-state index in [1.54, 1.807) is 6.92 Å². The van der Waals surface area contributed by atoms with E-state index >= 15 is 0 Å². The fourth-order valence-corrected chi connectivity index (χ4v) is 2.84. The zero-order valence-electron chi connectivity index (χ0n) is 13.3. The molecule has 0 bridgehead atoms. The van der Waals surface area contributed by atoms with Crippen LogP contribution in [0, 0.1) is 29.6 Å². The molecule has 2 rings (SSSR count). The normalized spacial score (nSPS) is 11.2. The molecule has 0 aliphatic carbocycles. The third kappa shape index (κ3) is 4.03. The van der Waals surface area contributed by atoms with Gasteiger partial charge >= 0.3 is 0 Å². The lowest BCUT2D eigenvalue weighted by Gasteiger charge is -2.11. The van der Waals surface area contributed by atoms with Crippen LogP contribution in [0.25, 0.3) is 0 Å². The lowest BCUT2D eigenvalue weighted by Crippen LogP contribution is -2.25. The summed E-state index contributed by atoms with van der Waals surface area (Å²) in [5.74, 6) is -0.0192. The van der Waals surface area contributed by atoms with Crippen LogP contribution in [0.5, 0.6) is 0 Å². The summed E-state index contributed by atoms with van der Waals surface area (Å²) < 4.78 is 0. The molecule has 6 nitrogen and oxygen atoms in total. The Morgan fingerprint density at radius 3 is 2.46 bits per heavy atom. The van der Waals surface area contributed by atoms with E-state index in [9.17, 15) is 10.1 Å². The minimum atomic E-state index is -0.456. The number of rotatable bonds is 4. The first-order valence-corrected chi connectivity index (χ1v) is 8.02. The molecule has 0 saturated carbocycles. The number of carbonyl (C=O) groups is 1. The second kappa shape index (κ2) is 7.49. The number of aromatic nitrogens is 1. The van der Waals surface area contributed by atoms with E-state index in [0.717, 1.165) is 5.56 Å². The Hall–Kier alpha value is -3.03. The number of hydrogen-bond donors (Lipinski definition) is 2. The minimum Gasteiger partial charge on any atom is -0.325 e. The summed E-state index contributed by atoms with van der Waals surface area (Å²) in [6, 6.07) is 12.8. The molecule has 0 saturated heterocycles. The topological polar surface area (TPSA) is 117 Å². The van der Waals surface area contributed by atoms with Gasteiger partial charge in [-0.3, -0.25) is 10.5 Å². The van der Waals surface area contributed by atoms with Crippen LogP contribution in [-0.2, 0) is 4.79 Å². The number of nitriles is 2. The van der Waals surface area contributed by atoms with E-state index in [1.165, 1.54) is 17.8 Å². The van der Waals surface area contributed by atoms with E-state index in [2.05, 4.69) is 10.3 Å². The van der Waals surface area contributed by atoms with Gasteiger partial charge in [-0.05, 0) is 32.0 Å². The molecule has 1 heterocycles. The first kappa shape index (κ1) is 17.3. The smallest absolute Gasteiger partial charge is 0.289 e. The largest absolute Gasteiger partial charge is 0.325 e. The Bertz CT molecular complexity index is 849. The predicted molar refractivity (Wildman–Crippen MR) is 92.0 cm³/mol. The van der Waals surface area contributed by atoms with E-state index < -0.39 is 5.25 Å². The van der Waals surface area contributed by atoms with Gasteiger partial charge in [0.2, 0.25) is 5.91 Å². The zero-order chi connectivity index (χ0) is 17.7. The van der Waals surface area contributed by atoms with Gasteiger partial charge in [0, 0.05) is 5.69 Å². The summed E-state index contributed by atoms with van der Waals surface area (Å²) in [4.78, 5) is 15.1. The van der Waals surface area contributed by atoms with Crippen molar-refractivity contribution in [3.8, 4) is 12.1 Å². The fourth-order valence-electron chi connectivity index (χ4n) is 1.92. The molecule has 2 aromatic rings. The first-order valence-electron chi connectivity index (χ1n) is 7.14. The van der Waals surface area contributed by atoms with Crippen LogP contribution in [0.4, 0.5) is 11.5 Å². The van der Waals surface area contributed by atoms with Gasteiger partial charge in [0.1, 0.15) is 23.3 Å². The van der Waals surface area contributed by atoms with Crippen molar-refractivity contribution >= 4 is 29.2 Å². The number of nitrogens with two attached hydrogens (primary N) is 1. The number of amides is 1. The Morgan fingerprint density at radius 2 is 1.88 bits per heavy atom. The van der Waals surface area contributed by atoms with Gasteiger partial charge in [-0.1, -0.05) is 29.5 Å². The van der Waals surface area contributed by atoms with E-state index in [1.807, 2.05) is 43.3 Å². The molecule has 1 atom stereocenters. The van der Waals surface area contributed by atoms with Gasteiger partial charge in [-0.2, -0.15) is 10.5 Å². The minimum absolute atomic E-state index is 0.171.